The van der Waals surface area contributed by atoms with Crippen molar-refractivity contribution in [1.29, 1.82) is 0 Å². The van der Waals surface area contributed by atoms with Gasteiger partial charge in [-0.3, -0.25) is 4.98 Å². The predicted octanol–water partition coefficient (Wildman–Crippen LogP) is 2.39. The van der Waals surface area contributed by atoms with Crippen molar-refractivity contribution in [2.24, 2.45) is 5.92 Å². The molecule has 2 unspecified atom stereocenters. The standard InChI is InChI=1S/C13H22N2O2/c1-5-6-17-12-8-14-7-11(15-12)13(9(2)3)10(4)16/h7-10,13,16H,5-6H2,1-4H3. The molecule has 0 saturated heterocycles. The van der Waals surface area contributed by atoms with Crippen molar-refractivity contribution in [3.05, 3.63) is 18.1 Å². The van der Waals surface area contributed by atoms with Gasteiger partial charge in [0.25, 0.3) is 0 Å². The van der Waals surface area contributed by atoms with E-state index in [1.165, 1.54) is 0 Å². The van der Waals surface area contributed by atoms with Crippen LogP contribution < -0.4 is 4.74 Å². The summed E-state index contributed by atoms with van der Waals surface area (Å²) in [6.45, 7) is 8.60. The van der Waals surface area contributed by atoms with Crippen LogP contribution in [0.2, 0.25) is 0 Å². The number of hydrogen-bond acceptors (Lipinski definition) is 4. The fourth-order valence-corrected chi connectivity index (χ4v) is 1.94. The lowest BCUT2D eigenvalue weighted by Crippen LogP contribution is -2.21. The van der Waals surface area contributed by atoms with Crippen molar-refractivity contribution >= 4 is 0 Å². The first-order valence-electron chi connectivity index (χ1n) is 6.19. The van der Waals surface area contributed by atoms with Gasteiger partial charge in [-0.05, 0) is 19.3 Å². The summed E-state index contributed by atoms with van der Waals surface area (Å²) in [6.07, 6.45) is 3.82. The third kappa shape index (κ3) is 3.97. The Balaban J connectivity index is 2.88. The summed E-state index contributed by atoms with van der Waals surface area (Å²) in [5.41, 5.74) is 0.795. The molecule has 1 heterocycles. The topological polar surface area (TPSA) is 55.2 Å². The Bertz CT molecular complexity index is 332. The van der Waals surface area contributed by atoms with Crippen LogP contribution in [0, 0.1) is 5.92 Å². The number of ether oxygens (including phenoxy) is 1. The molecule has 4 nitrogen and oxygen atoms in total. The van der Waals surface area contributed by atoms with Crippen molar-refractivity contribution in [2.45, 2.75) is 46.1 Å². The van der Waals surface area contributed by atoms with Crippen LogP contribution in [0.1, 0.15) is 45.7 Å². The van der Waals surface area contributed by atoms with Gasteiger partial charge in [0.05, 0.1) is 24.6 Å². The van der Waals surface area contributed by atoms with E-state index >= 15 is 0 Å². The Morgan fingerprint density at radius 3 is 2.53 bits per heavy atom. The first-order valence-corrected chi connectivity index (χ1v) is 6.19. The highest BCUT2D eigenvalue weighted by atomic mass is 16.5. The molecular weight excluding hydrogens is 216 g/mol. The first kappa shape index (κ1) is 13.9. The van der Waals surface area contributed by atoms with Gasteiger partial charge in [-0.25, -0.2) is 4.98 Å². The largest absolute Gasteiger partial charge is 0.477 e. The first-order chi connectivity index (χ1) is 8.06. The highest BCUT2D eigenvalue weighted by Gasteiger charge is 2.23. The van der Waals surface area contributed by atoms with E-state index in [1.807, 2.05) is 6.92 Å². The van der Waals surface area contributed by atoms with E-state index in [9.17, 15) is 5.11 Å². The van der Waals surface area contributed by atoms with Gasteiger partial charge in [0.15, 0.2) is 0 Å². The van der Waals surface area contributed by atoms with Gasteiger partial charge in [0.1, 0.15) is 0 Å². The Morgan fingerprint density at radius 1 is 1.29 bits per heavy atom. The third-order valence-corrected chi connectivity index (χ3v) is 2.66. The number of hydrogen-bond donors (Lipinski definition) is 1. The highest BCUT2D eigenvalue weighted by Crippen LogP contribution is 2.26. The number of aromatic nitrogens is 2. The molecule has 0 aliphatic rings. The molecule has 0 spiro atoms. The third-order valence-electron chi connectivity index (χ3n) is 2.66. The lowest BCUT2D eigenvalue weighted by Gasteiger charge is -2.23. The Hall–Kier alpha value is -1.16. The molecule has 0 saturated carbocycles. The van der Waals surface area contributed by atoms with Gasteiger partial charge >= 0.3 is 0 Å². The van der Waals surface area contributed by atoms with Crippen LogP contribution in [0.15, 0.2) is 12.4 Å². The van der Waals surface area contributed by atoms with Crippen LogP contribution in [0.4, 0.5) is 0 Å². The number of nitrogens with zero attached hydrogens (tertiary/aromatic N) is 2. The summed E-state index contributed by atoms with van der Waals surface area (Å²) in [4.78, 5) is 8.53. The molecule has 0 fully saturated rings. The summed E-state index contributed by atoms with van der Waals surface area (Å²) in [7, 11) is 0. The zero-order chi connectivity index (χ0) is 12.8. The monoisotopic (exact) mass is 238 g/mol. The number of aliphatic hydroxyl groups is 1. The Morgan fingerprint density at radius 2 is 2.00 bits per heavy atom. The molecular formula is C13H22N2O2. The van der Waals surface area contributed by atoms with Crippen molar-refractivity contribution in [1.82, 2.24) is 9.97 Å². The van der Waals surface area contributed by atoms with Crippen molar-refractivity contribution in [3.8, 4) is 5.88 Å². The predicted molar refractivity (Wildman–Crippen MR) is 67.1 cm³/mol. The number of aliphatic hydroxyl groups excluding tert-OH is 1. The van der Waals surface area contributed by atoms with Crippen molar-refractivity contribution in [2.75, 3.05) is 6.61 Å². The Kier molecular flexibility index (Phi) is 5.35. The highest BCUT2D eigenvalue weighted by molar-refractivity contribution is 5.14. The van der Waals surface area contributed by atoms with Gasteiger partial charge in [-0.1, -0.05) is 20.8 Å². The van der Waals surface area contributed by atoms with E-state index in [-0.39, 0.29) is 5.92 Å². The van der Waals surface area contributed by atoms with Gasteiger partial charge < -0.3 is 9.84 Å². The lowest BCUT2D eigenvalue weighted by atomic mass is 9.88. The van der Waals surface area contributed by atoms with Crippen LogP contribution in [0.25, 0.3) is 0 Å². The maximum atomic E-state index is 9.79. The molecule has 0 aromatic carbocycles. The summed E-state index contributed by atoms with van der Waals surface area (Å²) in [6, 6.07) is 0. The van der Waals surface area contributed by atoms with E-state index in [4.69, 9.17) is 4.74 Å². The maximum absolute atomic E-state index is 9.79. The van der Waals surface area contributed by atoms with Crippen molar-refractivity contribution in [3.63, 3.8) is 0 Å². The molecule has 1 N–H and O–H groups in total. The van der Waals surface area contributed by atoms with E-state index in [0.717, 1.165) is 12.1 Å². The van der Waals surface area contributed by atoms with Gasteiger partial charge in [0.2, 0.25) is 5.88 Å². The summed E-state index contributed by atoms with van der Waals surface area (Å²) >= 11 is 0. The second-order valence-electron chi connectivity index (χ2n) is 4.64. The summed E-state index contributed by atoms with van der Waals surface area (Å²) in [5, 5.41) is 9.79. The number of rotatable bonds is 6. The second-order valence-corrected chi connectivity index (χ2v) is 4.64. The van der Waals surface area contributed by atoms with Crippen LogP contribution >= 0.6 is 0 Å². The van der Waals surface area contributed by atoms with E-state index in [1.54, 1.807) is 19.3 Å². The molecule has 2 atom stereocenters. The molecule has 1 rings (SSSR count). The molecule has 0 amide bonds. The van der Waals surface area contributed by atoms with E-state index in [2.05, 4.69) is 23.8 Å². The minimum atomic E-state index is -0.439. The Labute approximate surface area is 103 Å². The molecule has 4 heteroatoms. The summed E-state index contributed by atoms with van der Waals surface area (Å²) in [5.74, 6) is 0.842. The molecule has 1 aromatic rings. The normalized spacial score (nSPS) is 14.7. The van der Waals surface area contributed by atoms with Crippen LogP contribution in [0.3, 0.4) is 0 Å². The maximum Gasteiger partial charge on any atom is 0.232 e. The molecule has 96 valence electrons. The molecule has 1 aromatic heterocycles. The fourth-order valence-electron chi connectivity index (χ4n) is 1.94. The minimum absolute atomic E-state index is 0.00678. The van der Waals surface area contributed by atoms with Crippen LogP contribution in [-0.4, -0.2) is 27.8 Å². The minimum Gasteiger partial charge on any atom is -0.477 e. The smallest absolute Gasteiger partial charge is 0.232 e. The summed E-state index contributed by atoms with van der Waals surface area (Å²) < 4.78 is 5.45. The average molecular weight is 238 g/mol. The average Bonchev–Trinajstić information content (AvgIpc) is 2.26. The molecule has 0 aliphatic heterocycles. The quantitative estimate of drug-likeness (QED) is 0.826. The SMILES string of the molecule is CCCOc1cncc(C(C(C)C)C(C)O)n1. The van der Waals surface area contributed by atoms with Gasteiger partial charge in [0, 0.05) is 12.1 Å². The molecule has 0 radical (unpaired) electrons. The fraction of sp³-hybridized carbons (Fsp3) is 0.692. The second kappa shape index (κ2) is 6.55. The van der Waals surface area contributed by atoms with Crippen LogP contribution in [0.5, 0.6) is 5.88 Å². The zero-order valence-electron chi connectivity index (χ0n) is 11.1. The molecule has 0 bridgehead atoms. The van der Waals surface area contributed by atoms with E-state index < -0.39 is 6.10 Å². The zero-order valence-corrected chi connectivity index (χ0v) is 11.1. The van der Waals surface area contributed by atoms with Gasteiger partial charge in [-0.2, -0.15) is 0 Å². The van der Waals surface area contributed by atoms with Gasteiger partial charge in [-0.15, -0.1) is 0 Å². The van der Waals surface area contributed by atoms with Crippen molar-refractivity contribution < 1.29 is 9.84 Å². The van der Waals surface area contributed by atoms with E-state index in [0.29, 0.717) is 18.4 Å². The van der Waals surface area contributed by atoms with Crippen LogP contribution in [-0.2, 0) is 0 Å². The molecule has 17 heavy (non-hydrogen) atoms. The lowest BCUT2D eigenvalue weighted by molar-refractivity contribution is 0.137. The molecule has 0 aliphatic carbocycles.